The lowest BCUT2D eigenvalue weighted by molar-refractivity contribution is -0.141. The quantitative estimate of drug-likeness (QED) is 0.682. The summed E-state index contributed by atoms with van der Waals surface area (Å²) in [7, 11) is 0. The molecule has 0 saturated carbocycles. The van der Waals surface area contributed by atoms with E-state index in [0.29, 0.717) is 6.61 Å². The average molecular weight is 261 g/mol. The van der Waals surface area contributed by atoms with Gasteiger partial charge in [-0.05, 0) is 27.2 Å². The van der Waals surface area contributed by atoms with Crippen LogP contribution in [-0.2, 0) is 14.3 Å². The second-order valence-electron chi connectivity index (χ2n) is 4.97. The molecule has 0 aliphatic heterocycles. The Morgan fingerprint density at radius 2 is 1.94 bits per heavy atom. The van der Waals surface area contributed by atoms with Crippen molar-refractivity contribution < 1.29 is 24.2 Å². The van der Waals surface area contributed by atoms with E-state index in [4.69, 9.17) is 14.6 Å². The number of alkyl carbamates (subject to hydrolysis) is 1. The maximum Gasteiger partial charge on any atom is 0.408 e. The molecule has 0 unspecified atom stereocenters. The highest BCUT2D eigenvalue weighted by Crippen LogP contribution is 2.06. The number of hydrogen-bond acceptors (Lipinski definition) is 4. The van der Waals surface area contributed by atoms with Gasteiger partial charge in [-0.2, -0.15) is 0 Å². The van der Waals surface area contributed by atoms with Gasteiger partial charge in [-0.3, -0.25) is 0 Å². The molecular weight excluding hydrogens is 238 g/mol. The molecule has 0 aliphatic carbocycles. The lowest BCUT2D eigenvalue weighted by Gasteiger charge is -2.21. The number of rotatable bonds is 7. The van der Waals surface area contributed by atoms with Crippen LogP contribution in [0.5, 0.6) is 0 Å². The second kappa shape index (κ2) is 7.92. The van der Waals surface area contributed by atoms with Crippen LogP contribution >= 0.6 is 0 Å². The molecule has 0 aromatic heterocycles. The normalized spacial score (nSPS) is 12.9. The molecule has 106 valence electrons. The molecule has 0 bridgehead atoms. The van der Waals surface area contributed by atoms with Crippen molar-refractivity contribution in [2.24, 2.45) is 0 Å². The average Bonchev–Trinajstić information content (AvgIpc) is 2.19. The summed E-state index contributed by atoms with van der Waals surface area (Å²) >= 11 is 0. The highest BCUT2D eigenvalue weighted by molar-refractivity contribution is 5.80. The van der Waals surface area contributed by atoms with Crippen LogP contribution in [0.1, 0.15) is 40.5 Å². The molecule has 1 amide bonds. The highest BCUT2D eigenvalue weighted by atomic mass is 16.6. The second-order valence-corrected chi connectivity index (χ2v) is 4.97. The minimum atomic E-state index is -1.14. The summed E-state index contributed by atoms with van der Waals surface area (Å²) in [4.78, 5) is 22.3. The molecule has 0 rings (SSSR count). The Bertz CT molecular complexity index is 272. The predicted molar refractivity (Wildman–Crippen MR) is 66.5 cm³/mol. The number of hydrogen-bond donors (Lipinski definition) is 2. The smallest absolute Gasteiger partial charge is 0.408 e. The third kappa shape index (κ3) is 8.81. The van der Waals surface area contributed by atoms with Gasteiger partial charge in [-0.1, -0.05) is 13.3 Å². The van der Waals surface area contributed by atoms with Crippen molar-refractivity contribution in [3.63, 3.8) is 0 Å². The van der Waals surface area contributed by atoms with Gasteiger partial charge < -0.3 is 19.9 Å². The zero-order valence-corrected chi connectivity index (χ0v) is 11.5. The maximum atomic E-state index is 11.4. The third-order valence-electron chi connectivity index (χ3n) is 1.92. The van der Waals surface area contributed by atoms with Gasteiger partial charge in [0.05, 0.1) is 6.61 Å². The summed E-state index contributed by atoms with van der Waals surface area (Å²) in [6.07, 6.45) is 1.07. The molecule has 2 N–H and O–H groups in total. The summed E-state index contributed by atoms with van der Waals surface area (Å²) in [6, 6.07) is -1.09. The number of carbonyl (C=O) groups excluding carboxylic acids is 1. The van der Waals surface area contributed by atoms with Crippen molar-refractivity contribution in [3.8, 4) is 0 Å². The Labute approximate surface area is 108 Å². The van der Waals surface area contributed by atoms with Crippen molar-refractivity contribution in [2.75, 3.05) is 13.2 Å². The molecule has 0 fully saturated rings. The molecular formula is C12H23NO5. The lowest BCUT2D eigenvalue weighted by Crippen LogP contribution is -2.46. The van der Waals surface area contributed by atoms with Gasteiger partial charge in [-0.25, -0.2) is 9.59 Å². The highest BCUT2D eigenvalue weighted by Gasteiger charge is 2.23. The standard InChI is InChI=1S/C12H23NO5/c1-5-6-7-17-8-9(10(14)15)13-11(16)18-12(2,3)4/h9H,5-8H2,1-4H3,(H,13,16)(H,14,15)/t9-/m1/s1. The van der Waals surface area contributed by atoms with E-state index in [1.807, 2.05) is 6.92 Å². The summed E-state index contributed by atoms with van der Waals surface area (Å²) in [5.41, 5.74) is -0.657. The van der Waals surface area contributed by atoms with E-state index in [1.54, 1.807) is 20.8 Å². The van der Waals surface area contributed by atoms with Crippen LogP contribution in [-0.4, -0.2) is 42.0 Å². The van der Waals surface area contributed by atoms with E-state index < -0.39 is 23.7 Å². The predicted octanol–water partition coefficient (Wildman–Crippen LogP) is 1.78. The number of amides is 1. The Hall–Kier alpha value is -1.30. The summed E-state index contributed by atoms with van der Waals surface area (Å²) < 4.78 is 10.2. The van der Waals surface area contributed by atoms with Gasteiger partial charge >= 0.3 is 12.1 Å². The van der Waals surface area contributed by atoms with Gasteiger partial charge in [0.25, 0.3) is 0 Å². The summed E-state index contributed by atoms with van der Waals surface area (Å²) in [6.45, 7) is 7.56. The van der Waals surface area contributed by atoms with Crippen LogP contribution in [0, 0.1) is 0 Å². The Morgan fingerprint density at radius 3 is 2.39 bits per heavy atom. The first-order chi connectivity index (χ1) is 8.26. The van der Waals surface area contributed by atoms with Gasteiger partial charge in [0.2, 0.25) is 0 Å². The first-order valence-electron chi connectivity index (χ1n) is 6.06. The number of carboxylic acid groups (broad SMARTS) is 1. The van der Waals surface area contributed by atoms with Crippen LogP contribution in [0.3, 0.4) is 0 Å². The number of ether oxygens (including phenoxy) is 2. The van der Waals surface area contributed by atoms with E-state index in [2.05, 4.69) is 5.32 Å². The molecule has 1 atom stereocenters. The molecule has 0 aliphatic rings. The minimum Gasteiger partial charge on any atom is -0.480 e. The van der Waals surface area contributed by atoms with Crippen molar-refractivity contribution >= 4 is 12.1 Å². The van der Waals surface area contributed by atoms with E-state index in [-0.39, 0.29) is 6.61 Å². The van der Waals surface area contributed by atoms with Crippen LogP contribution in [0.15, 0.2) is 0 Å². The number of carbonyl (C=O) groups is 2. The lowest BCUT2D eigenvalue weighted by atomic mass is 10.2. The zero-order chi connectivity index (χ0) is 14.2. The van der Waals surface area contributed by atoms with E-state index in [9.17, 15) is 9.59 Å². The number of carboxylic acids is 1. The number of unbranched alkanes of at least 4 members (excludes halogenated alkanes) is 1. The Kier molecular flexibility index (Phi) is 7.35. The van der Waals surface area contributed by atoms with Crippen molar-refractivity contribution in [1.29, 1.82) is 0 Å². The first kappa shape index (κ1) is 16.7. The molecule has 0 aromatic rings. The minimum absolute atomic E-state index is 0.0609. The Balaban J connectivity index is 4.11. The largest absolute Gasteiger partial charge is 0.480 e. The van der Waals surface area contributed by atoms with Gasteiger partial charge in [0.15, 0.2) is 6.04 Å². The van der Waals surface area contributed by atoms with Crippen molar-refractivity contribution in [3.05, 3.63) is 0 Å². The van der Waals surface area contributed by atoms with Crippen LogP contribution in [0.25, 0.3) is 0 Å². The molecule has 0 heterocycles. The van der Waals surface area contributed by atoms with E-state index >= 15 is 0 Å². The molecule has 6 heteroatoms. The van der Waals surface area contributed by atoms with Crippen molar-refractivity contribution in [1.82, 2.24) is 5.32 Å². The fourth-order valence-electron chi connectivity index (χ4n) is 1.07. The SMILES string of the molecule is CCCCOC[C@@H](NC(=O)OC(C)(C)C)C(=O)O. The number of nitrogens with one attached hydrogen (secondary N) is 1. The fraction of sp³-hybridized carbons (Fsp3) is 0.833. The monoisotopic (exact) mass is 261 g/mol. The third-order valence-corrected chi connectivity index (χ3v) is 1.92. The fourth-order valence-corrected chi connectivity index (χ4v) is 1.07. The Morgan fingerprint density at radius 1 is 1.33 bits per heavy atom. The summed E-state index contributed by atoms with van der Waals surface area (Å²) in [5, 5.41) is 11.2. The topological polar surface area (TPSA) is 84.9 Å². The molecule has 0 saturated heterocycles. The van der Waals surface area contributed by atoms with Crippen LogP contribution in [0.2, 0.25) is 0 Å². The van der Waals surface area contributed by atoms with Crippen LogP contribution < -0.4 is 5.32 Å². The van der Waals surface area contributed by atoms with Gasteiger partial charge in [0.1, 0.15) is 5.60 Å². The molecule has 0 radical (unpaired) electrons. The van der Waals surface area contributed by atoms with E-state index in [1.165, 1.54) is 0 Å². The number of aliphatic carboxylic acids is 1. The van der Waals surface area contributed by atoms with Crippen molar-refractivity contribution in [2.45, 2.75) is 52.2 Å². The summed E-state index contributed by atoms with van der Waals surface area (Å²) in [5.74, 6) is -1.14. The molecule has 18 heavy (non-hydrogen) atoms. The zero-order valence-electron chi connectivity index (χ0n) is 11.5. The van der Waals surface area contributed by atoms with E-state index in [0.717, 1.165) is 12.8 Å². The van der Waals surface area contributed by atoms with Crippen LogP contribution in [0.4, 0.5) is 4.79 Å². The first-order valence-corrected chi connectivity index (χ1v) is 6.06. The molecule has 0 aromatic carbocycles. The maximum absolute atomic E-state index is 11.4. The van der Waals surface area contributed by atoms with Gasteiger partial charge in [-0.15, -0.1) is 0 Å². The molecule has 0 spiro atoms. The molecule has 6 nitrogen and oxygen atoms in total. The van der Waals surface area contributed by atoms with Gasteiger partial charge in [0, 0.05) is 6.61 Å².